The predicted molar refractivity (Wildman–Crippen MR) is 67.0 cm³/mol. The van der Waals surface area contributed by atoms with E-state index in [9.17, 15) is 4.39 Å². The van der Waals surface area contributed by atoms with E-state index in [4.69, 9.17) is 10.8 Å². The number of aliphatic hydroxyl groups excluding tert-OH is 1. The average Bonchev–Trinajstić information content (AvgIpc) is 2.33. The molecule has 0 heterocycles. The van der Waals surface area contributed by atoms with E-state index in [0.717, 1.165) is 5.56 Å². The van der Waals surface area contributed by atoms with E-state index in [1.54, 1.807) is 24.3 Å². The van der Waals surface area contributed by atoms with Gasteiger partial charge in [-0.25, -0.2) is 4.39 Å². The van der Waals surface area contributed by atoms with Gasteiger partial charge in [0.15, 0.2) is 0 Å². The van der Waals surface area contributed by atoms with Crippen molar-refractivity contribution in [3.8, 4) is 11.1 Å². The van der Waals surface area contributed by atoms with Crippen LogP contribution in [0.4, 0.5) is 10.1 Å². The molecule has 2 aromatic carbocycles. The number of para-hydroxylation sites is 1. The van der Waals surface area contributed by atoms with Crippen molar-refractivity contribution in [2.75, 3.05) is 12.3 Å². The third-order valence-electron chi connectivity index (χ3n) is 2.74. The topological polar surface area (TPSA) is 46.2 Å². The average molecular weight is 231 g/mol. The molecule has 0 aliphatic rings. The second kappa shape index (κ2) is 4.97. The maximum atomic E-state index is 13.7. The standard InChI is InChI=1S/C14H14FNO/c15-13-7-2-1-5-11(13)12-6-3-4-10(8-9-17)14(12)16/h1-7,17H,8-9,16H2. The Kier molecular flexibility index (Phi) is 3.40. The first-order chi connectivity index (χ1) is 8.24. The molecule has 0 spiro atoms. The molecule has 0 saturated carbocycles. The number of hydrogen-bond donors (Lipinski definition) is 2. The Morgan fingerprint density at radius 1 is 1.00 bits per heavy atom. The first kappa shape index (κ1) is 11.6. The second-order valence-corrected chi connectivity index (χ2v) is 3.83. The summed E-state index contributed by atoms with van der Waals surface area (Å²) in [6.07, 6.45) is 0.480. The summed E-state index contributed by atoms with van der Waals surface area (Å²) in [7, 11) is 0. The van der Waals surface area contributed by atoms with Gasteiger partial charge in [0.1, 0.15) is 5.82 Å². The quantitative estimate of drug-likeness (QED) is 0.797. The number of nitrogen functional groups attached to an aromatic ring is 1. The van der Waals surface area contributed by atoms with Crippen molar-refractivity contribution in [1.82, 2.24) is 0 Å². The second-order valence-electron chi connectivity index (χ2n) is 3.83. The van der Waals surface area contributed by atoms with Crippen LogP contribution < -0.4 is 5.73 Å². The van der Waals surface area contributed by atoms with Gasteiger partial charge in [0.25, 0.3) is 0 Å². The molecule has 0 atom stereocenters. The number of halogens is 1. The van der Waals surface area contributed by atoms with Gasteiger partial charge in [0, 0.05) is 23.4 Å². The van der Waals surface area contributed by atoms with Gasteiger partial charge >= 0.3 is 0 Å². The summed E-state index contributed by atoms with van der Waals surface area (Å²) < 4.78 is 13.7. The Balaban J connectivity index is 2.53. The molecule has 3 N–H and O–H groups in total. The van der Waals surface area contributed by atoms with Crippen LogP contribution in [0.5, 0.6) is 0 Å². The number of aliphatic hydroxyl groups is 1. The van der Waals surface area contributed by atoms with Gasteiger partial charge in [0.2, 0.25) is 0 Å². The predicted octanol–water partition coefficient (Wildman–Crippen LogP) is 2.61. The van der Waals surface area contributed by atoms with Gasteiger partial charge in [-0.3, -0.25) is 0 Å². The van der Waals surface area contributed by atoms with Crippen molar-refractivity contribution < 1.29 is 9.50 Å². The van der Waals surface area contributed by atoms with Crippen LogP contribution >= 0.6 is 0 Å². The van der Waals surface area contributed by atoms with Crippen LogP contribution in [0.25, 0.3) is 11.1 Å². The lowest BCUT2D eigenvalue weighted by Gasteiger charge is -2.11. The normalized spacial score (nSPS) is 10.5. The first-order valence-electron chi connectivity index (χ1n) is 5.47. The zero-order chi connectivity index (χ0) is 12.3. The van der Waals surface area contributed by atoms with E-state index in [1.165, 1.54) is 6.07 Å². The SMILES string of the molecule is Nc1c(CCO)cccc1-c1ccccc1F. The van der Waals surface area contributed by atoms with Crippen molar-refractivity contribution in [2.45, 2.75) is 6.42 Å². The van der Waals surface area contributed by atoms with E-state index in [-0.39, 0.29) is 12.4 Å². The molecule has 0 bridgehead atoms. The summed E-state index contributed by atoms with van der Waals surface area (Å²) in [6.45, 7) is 0.0327. The van der Waals surface area contributed by atoms with Crippen LogP contribution in [0.2, 0.25) is 0 Å². The van der Waals surface area contributed by atoms with Crippen molar-refractivity contribution in [3.63, 3.8) is 0 Å². The minimum atomic E-state index is -0.291. The molecule has 2 rings (SSSR count). The maximum Gasteiger partial charge on any atom is 0.131 e. The number of rotatable bonds is 3. The van der Waals surface area contributed by atoms with Crippen molar-refractivity contribution in [3.05, 3.63) is 53.8 Å². The third kappa shape index (κ3) is 2.29. The molecule has 0 radical (unpaired) electrons. The first-order valence-corrected chi connectivity index (χ1v) is 5.47. The minimum absolute atomic E-state index is 0.0327. The smallest absolute Gasteiger partial charge is 0.131 e. The molecule has 0 unspecified atom stereocenters. The maximum absolute atomic E-state index is 13.7. The fourth-order valence-corrected chi connectivity index (χ4v) is 1.87. The molecule has 2 aromatic rings. The lowest BCUT2D eigenvalue weighted by molar-refractivity contribution is 0.300. The highest BCUT2D eigenvalue weighted by molar-refractivity contribution is 5.78. The molecular formula is C14H14FNO. The van der Waals surface area contributed by atoms with Crippen LogP contribution in [0.3, 0.4) is 0 Å². The van der Waals surface area contributed by atoms with Gasteiger partial charge in [-0.05, 0) is 18.1 Å². The number of nitrogens with two attached hydrogens (primary N) is 1. The van der Waals surface area contributed by atoms with Crippen LogP contribution in [0.15, 0.2) is 42.5 Å². The summed E-state index contributed by atoms with van der Waals surface area (Å²) in [5, 5.41) is 8.93. The van der Waals surface area contributed by atoms with Crippen LogP contribution in [0.1, 0.15) is 5.56 Å². The Hall–Kier alpha value is -1.87. The molecule has 2 nitrogen and oxygen atoms in total. The highest BCUT2D eigenvalue weighted by Gasteiger charge is 2.09. The highest BCUT2D eigenvalue weighted by Crippen LogP contribution is 2.30. The molecule has 0 fully saturated rings. The zero-order valence-corrected chi connectivity index (χ0v) is 9.36. The summed E-state index contributed by atoms with van der Waals surface area (Å²) in [5.74, 6) is -0.291. The molecule has 17 heavy (non-hydrogen) atoms. The Morgan fingerprint density at radius 3 is 2.41 bits per heavy atom. The largest absolute Gasteiger partial charge is 0.398 e. The molecular weight excluding hydrogens is 217 g/mol. The van der Waals surface area contributed by atoms with Gasteiger partial charge in [0.05, 0.1) is 0 Å². The fourth-order valence-electron chi connectivity index (χ4n) is 1.87. The fraction of sp³-hybridized carbons (Fsp3) is 0.143. The minimum Gasteiger partial charge on any atom is -0.398 e. The van der Waals surface area contributed by atoms with Crippen molar-refractivity contribution >= 4 is 5.69 Å². The van der Waals surface area contributed by atoms with Crippen LogP contribution in [-0.4, -0.2) is 11.7 Å². The van der Waals surface area contributed by atoms with E-state index in [0.29, 0.717) is 23.2 Å². The van der Waals surface area contributed by atoms with Crippen molar-refractivity contribution in [2.24, 2.45) is 0 Å². The van der Waals surface area contributed by atoms with Gasteiger partial charge < -0.3 is 10.8 Å². The number of benzene rings is 2. The Morgan fingerprint density at radius 2 is 1.71 bits per heavy atom. The van der Waals surface area contributed by atoms with E-state index in [2.05, 4.69) is 0 Å². The molecule has 0 aliphatic heterocycles. The third-order valence-corrected chi connectivity index (χ3v) is 2.74. The van der Waals surface area contributed by atoms with E-state index < -0.39 is 0 Å². The molecule has 0 aromatic heterocycles. The van der Waals surface area contributed by atoms with E-state index >= 15 is 0 Å². The zero-order valence-electron chi connectivity index (χ0n) is 9.36. The molecule has 0 amide bonds. The Labute approximate surface area is 99.5 Å². The number of anilines is 1. The summed E-state index contributed by atoms with van der Waals surface area (Å²) in [4.78, 5) is 0. The molecule has 3 heteroatoms. The summed E-state index contributed by atoms with van der Waals surface area (Å²) in [6, 6.07) is 12.0. The summed E-state index contributed by atoms with van der Waals surface area (Å²) in [5.41, 5.74) is 8.53. The number of hydrogen-bond acceptors (Lipinski definition) is 2. The lowest BCUT2D eigenvalue weighted by atomic mass is 9.98. The monoisotopic (exact) mass is 231 g/mol. The lowest BCUT2D eigenvalue weighted by Crippen LogP contribution is -2.00. The highest BCUT2D eigenvalue weighted by atomic mass is 19.1. The van der Waals surface area contributed by atoms with Crippen LogP contribution in [0, 0.1) is 5.82 Å². The van der Waals surface area contributed by atoms with Gasteiger partial charge in [-0.2, -0.15) is 0 Å². The van der Waals surface area contributed by atoms with Crippen molar-refractivity contribution in [1.29, 1.82) is 0 Å². The molecule has 88 valence electrons. The van der Waals surface area contributed by atoms with Gasteiger partial charge in [-0.15, -0.1) is 0 Å². The van der Waals surface area contributed by atoms with Gasteiger partial charge in [-0.1, -0.05) is 36.4 Å². The van der Waals surface area contributed by atoms with Crippen LogP contribution in [-0.2, 0) is 6.42 Å². The molecule has 0 aliphatic carbocycles. The van der Waals surface area contributed by atoms with E-state index in [1.807, 2.05) is 12.1 Å². The summed E-state index contributed by atoms with van der Waals surface area (Å²) >= 11 is 0. The Bertz CT molecular complexity index is 525. The molecule has 0 saturated heterocycles.